The molecule has 3 rings (SSSR count). The average Bonchev–Trinajstić information content (AvgIpc) is 3.35. The van der Waals surface area contributed by atoms with Crippen molar-refractivity contribution >= 4 is 40.0 Å². The van der Waals surface area contributed by atoms with Crippen molar-refractivity contribution in [2.24, 2.45) is 5.92 Å². The van der Waals surface area contributed by atoms with Crippen molar-refractivity contribution < 1.29 is 9.59 Å². The number of rotatable bonds is 9. The third kappa shape index (κ3) is 5.92. The average molecular weight is 459 g/mol. The quantitative estimate of drug-likeness (QED) is 0.471. The number of anilines is 1. The fourth-order valence-corrected chi connectivity index (χ4v) is 4.47. The fourth-order valence-electron chi connectivity index (χ4n) is 2.98. The van der Waals surface area contributed by atoms with E-state index in [9.17, 15) is 9.59 Å². The van der Waals surface area contributed by atoms with E-state index < -0.39 is 0 Å². The predicted molar refractivity (Wildman–Crippen MR) is 123 cm³/mol. The molecule has 0 spiro atoms. The van der Waals surface area contributed by atoms with E-state index in [2.05, 4.69) is 25.8 Å². The number of thioether (sulfide) groups is 1. The number of nitrogens with one attached hydrogen (secondary N) is 2. The van der Waals surface area contributed by atoms with E-state index in [1.54, 1.807) is 18.3 Å². The highest BCUT2D eigenvalue weighted by atomic mass is 32.2. The second kappa shape index (κ2) is 10.5. The maximum atomic E-state index is 12.7. The number of thiazole rings is 1. The minimum Gasteiger partial charge on any atom is -0.342 e. The smallest absolute Gasteiger partial charge is 0.251 e. The van der Waals surface area contributed by atoms with Crippen molar-refractivity contribution in [2.45, 2.75) is 45.4 Å². The van der Waals surface area contributed by atoms with E-state index >= 15 is 0 Å². The Morgan fingerprint density at radius 1 is 1.19 bits per heavy atom. The van der Waals surface area contributed by atoms with Crippen LogP contribution in [0.2, 0.25) is 0 Å². The zero-order valence-corrected chi connectivity index (χ0v) is 19.6. The summed E-state index contributed by atoms with van der Waals surface area (Å²) in [5.41, 5.74) is 0.597. The van der Waals surface area contributed by atoms with Crippen LogP contribution in [0.15, 0.2) is 41.7 Å². The minimum absolute atomic E-state index is 0.108. The molecule has 2 heterocycles. The molecule has 0 bridgehead atoms. The number of hydrogen-bond acceptors (Lipinski definition) is 7. The second-order valence-electron chi connectivity index (χ2n) is 7.26. The lowest BCUT2D eigenvalue weighted by molar-refractivity contribution is -0.113. The van der Waals surface area contributed by atoms with Crippen LogP contribution in [0.3, 0.4) is 0 Å². The zero-order valence-electron chi connectivity index (χ0n) is 18.0. The molecule has 164 valence electrons. The first-order chi connectivity index (χ1) is 14.9. The van der Waals surface area contributed by atoms with Gasteiger partial charge in [-0.05, 0) is 31.9 Å². The van der Waals surface area contributed by atoms with Crippen LogP contribution in [0.1, 0.15) is 47.9 Å². The molecule has 2 aromatic heterocycles. The summed E-state index contributed by atoms with van der Waals surface area (Å²) >= 11 is 2.75. The summed E-state index contributed by atoms with van der Waals surface area (Å²) in [4.78, 5) is 30.1. The van der Waals surface area contributed by atoms with Gasteiger partial charge in [-0.25, -0.2) is 4.98 Å². The molecular weight excluding hydrogens is 432 g/mol. The number of amides is 2. The summed E-state index contributed by atoms with van der Waals surface area (Å²) in [6, 6.07) is 8.80. The molecule has 0 radical (unpaired) electrons. The molecule has 0 fully saturated rings. The number of benzene rings is 1. The largest absolute Gasteiger partial charge is 0.342 e. The lowest BCUT2D eigenvalue weighted by Crippen LogP contribution is -2.33. The Balaban J connectivity index is 1.70. The van der Waals surface area contributed by atoms with Crippen LogP contribution >= 0.6 is 23.1 Å². The first-order valence-electron chi connectivity index (χ1n) is 10.0. The molecule has 2 N–H and O–H groups in total. The fraction of sp³-hybridized carbons (Fsp3) is 0.381. The van der Waals surface area contributed by atoms with Gasteiger partial charge >= 0.3 is 0 Å². The Bertz CT molecular complexity index is 1030. The molecule has 1 aromatic carbocycles. The molecule has 8 nitrogen and oxygen atoms in total. The molecule has 0 aliphatic heterocycles. The second-order valence-corrected chi connectivity index (χ2v) is 9.44. The Morgan fingerprint density at radius 3 is 2.55 bits per heavy atom. The van der Waals surface area contributed by atoms with E-state index in [4.69, 9.17) is 0 Å². The van der Waals surface area contributed by atoms with Crippen molar-refractivity contribution in [1.29, 1.82) is 0 Å². The molecule has 0 saturated carbocycles. The van der Waals surface area contributed by atoms with Crippen LogP contribution in [-0.2, 0) is 11.3 Å². The highest BCUT2D eigenvalue weighted by Gasteiger charge is 2.26. The Morgan fingerprint density at radius 2 is 1.94 bits per heavy atom. The van der Waals surface area contributed by atoms with Crippen LogP contribution in [0, 0.1) is 12.8 Å². The molecule has 3 aromatic rings. The van der Waals surface area contributed by atoms with Gasteiger partial charge in [0.15, 0.2) is 16.1 Å². The summed E-state index contributed by atoms with van der Waals surface area (Å²) in [5.74, 6) is 0.678. The van der Waals surface area contributed by atoms with Gasteiger partial charge in [0, 0.05) is 23.2 Å². The Labute approximate surface area is 189 Å². The van der Waals surface area contributed by atoms with Gasteiger partial charge in [-0.2, -0.15) is 0 Å². The number of nitrogens with zero attached hydrogens (tertiary/aromatic N) is 4. The lowest BCUT2D eigenvalue weighted by atomic mass is 10.0. The van der Waals surface area contributed by atoms with Crippen molar-refractivity contribution in [3.05, 3.63) is 52.8 Å². The first kappa shape index (κ1) is 23.0. The molecule has 31 heavy (non-hydrogen) atoms. The summed E-state index contributed by atoms with van der Waals surface area (Å²) in [6.07, 6.45) is 1.73. The van der Waals surface area contributed by atoms with Crippen molar-refractivity contribution in [1.82, 2.24) is 25.1 Å². The Kier molecular flexibility index (Phi) is 7.80. The van der Waals surface area contributed by atoms with Crippen molar-refractivity contribution in [3.63, 3.8) is 0 Å². The maximum absolute atomic E-state index is 12.7. The molecule has 0 unspecified atom stereocenters. The summed E-state index contributed by atoms with van der Waals surface area (Å²) in [5, 5.41) is 15.7. The monoisotopic (exact) mass is 458 g/mol. The number of aromatic nitrogens is 4. The number of carbonyl (C=O) groups excluding carboxylic acids is 2. The molecule has 0 aliphatic rings. The van der Waals surface area contributed by atoms with Gasteiger partial charge in [0.1, 0.15) is 0 Å². The van der Waals surface area contributed by atoms with Crippen LogP contribution in [0.5, 0.6) is 0 Å². The third-order valence-electron chi connectivity index (χ3n) is 4.53. The van der Waals surface area contributed by atoms with Gasteiger partial charge in [0.2, 0.25) is 5.91 Å². The van der Waals surface area contributed by atoms with Crippen LogP contribution in [0.25, 0.3) is 0 Å². The predicted octanol–water partition coefficient (Wildman–Crippen LogP) is 3.92. The third-order valence-corrected chi connectivity index (χ3v) is 6.32. The standard InChI is InChI=1S/C21H26N6O2S2/c1-5-27-18(17(13(2)3)24-19(29)15-9-7-6-8-10-15)25-26-21(27)30-12-16(28)23-20-22-11-14(4)31-20/h6-11,13,17H,5,12H2,1-4H3,(H,24,29)(H,22,23,28)/t17-/m1/s1. The van der Waals surface area contributed by atoms with E-state index in [0.717, 1.165) is 4.88 Å². The highest BCUT2D eigenvalue weighted by Crippen LogP contribution is 2.26. The van der Waals surface area contributed by atoms with E-state index in [0.29, 0.717) is 28.2 Å². The van der Waals surface area contributed by atoms with E-state index in [-0.39, 0.29) is 29.5 Å². The molecule has 0 saturated heterocycles. The molecule has 2 amide bonds. The molecule has 1 atom stereocenters. The number of aryl methyl sites for hydroxylation is 1. The van der Waals surface area contributed by atoms with Gasteiger partial charge in [-0.15, -0.1) is 21.5 Å². The summed E-state index contributed by atoms with van der Waals surface area (Å²) in [6.45, 7) is 8.62. The van der Waals surface area contributed by atoms with Crippen molar-refractivity contribution in [2.75, 3.05) is 11.1 Å². The highest BCUT2D eigenvalue weighted by molar-refractivity contribution is 7.99. The lowest BCUT2D eigenvalue weighted by Gasteiger charge is -2.22. The number of hydrogen-bond donors (Lipinski definition) is 2. The van der Waals surface area contributed by atoms with Gasteiger partial charge in [0.05, 0.1) is 11.8 Å². The molecule has 0 aliphatic carbocycles. The van der Waals surface area contributed by atoms with Crippen LogP contribution in [0.4, 0.5) is 5.13 Å². The van der Waals surface area contributed by atoms with Gasteiger partial charge in [0.25, 0.3) is 5.91 Å². The SMILES string of the molecule is CCn1c(SCC(=O)Nc2ncc(C)s2)nnc1[C@H](NC(=O)c1ccccc1)C(C)C. The van der Waals surface area contributed by atoms with Crippen LogP contribution in [-0.4, -0.2) is 37.3 Å². The zero-order chi connectivity index (χ0) is 22.4. The van der Waals surface area contributed by atoms with E-state index in [1.165, 1.54) is 23.1 Å². The number of carbonyl (C=O) groups is 2. The van der Waals surface area contributed by atoms with Gasteiger partial charge < -0.3 is 15.2 Å². The Hall–Kier alpha value is -2.72. The molecule has 10 heteroatoms. The summed E-state index contributed by atoms with van der Waals surface area (Å²) in [7, 11) is 0. The first-order valence-corrected chi connectivity index (χ1v) is 11.8. The minimum atomic E-state index is -0.304. The summed E-state index contributed by atoms with van der Waals surface area (Å²) < 4.78 is 1.95. The topological polar surface area (TPSA) is 102 Å². The molecular formula is C21H26N6O2S2. The van der Waals surface area contributed by atoms with Gasteiger partial charge in [-0.3, -0.25) is 9.59 Å². The van der Waals surface area contributed by atoms with Crippen molar-refractivity contribution in [3.8, 4) is 0 Å². The van der Waals surface area contributed by atoms with E-state index in [1.807, 2.05) is 50.5 Å². The van der Waals surface area contributed by atoms with Gasteiger partial charge in [-0.1, -0.05) is 43.8 Å². The normalized spacial score (nSPS) is 12.0. The van der Waals surface area contributed by atoms with Crippen LogP contribution < -0.4 is 10.6 Å². The maximum Gasteiger partial charge on any atom is 0.251 e.